The second kappa shape index (κ2) is 10.0. The molecule has 0 aliphatic carbocycles. The maximum atomic E-state index is 10.6. The highest BCUT2D eigenvalue weighted by atomic mass is 16.5. The van der Waals surface area contributed by atoms with Gasteiger partial charge < -0.3 is 19.7 Å². The van der Waals surface area contributed by atoms with Crippen molar-refractivity contribution in [3.8, 4) is 23.0 Å². The molecule has 1 aliphatic rings. The molecule has 0 aromatic heterocycles. The van der Waals surface area contributed by atoms with Crippen LogP contribution in [-0.4, -0.2) is 54.0 Å². The Kier molecular flexibility index (Phi) is 7.73. The molecule has 2 aromatic carbocycles. The molecule has 1 aliphatic heterocycles. The van der Waals surface area contributed by atoms with Crippen LogP contribution in [0.3, 0.4) is 0 Å². The summed E-state index contributed by atoms with van der Waals surface area (Å²) in [5.41, 5.74) is 3.74. The van der Waals surface area contributed by atoms with Crippen LogP contribution in [-0.2, 0) is 23.9 Å². The summed E-state index contributed by atoms with van der Waals surface area (Å²) in [6.07, 6.45) is 1.09. The first-order chi connectivity index (χ1) is 15.8. The smallest absolute Gasteiger partial charge is 0.161 e. The van der Waals surface area contributed by atoms with E-state index in [-0.39, 0.29) is 22.3 Å². The van der Waals surface area contributed by atoms with E-state index in [1.54, 1.807) is 14.2 Å². The maximum Gasteiger partial charge on any atom is 0.161 e. The average molecular weight is 471 g/mol. The Bertz CT molecular complexity index is 925. The summed E-state index contributed by atoms with van der Waals surface area (Å²) >= 11 is 0. The van der Waals surface area contributed by atoms with Crippen LogP contribution in [0.2, 0.25) is 0 Å². The minimum Gasteiger partial charge on any atom is -0.504 e. The lowest BCUT2D eigenvalue weighted by molar-refractivity contribution is 0.0744. The molecule has 6 heteroatoms. The van der Waals surface area contributed by atoms with Crippen molar-refractivity contribution < 1.29 is 19.7 Å². The molecular formula is C28H42N2O4. The molecule has 0 amide bonds. The van der Waals surface area contributed by atoms with Crippen LogP contribution in [0.1, 0.15) is 70.2 Å². The summed E-state index contributed by atoms with van der Waals surface area (Å²) in [5, 5.41) is 21.3. The summed E-state index contributed by atoms with van der Waals surface area (Å²) in [6.45, 7) is 17.1. The van der Waals surface area contributed by atoms with E-state index in [0.29, 0.717) is 11.5 Å². The van der Waals surface area contributed by atoms with Crippen molar-refractivity contribution in [2.45, 2.75) is 71.9 Å². The number of rotatable bonds is 6. The highest BCUT2D eigenvalue weighted by Crippen LogP contribution is 2.40. The van der Waals surface area contributed by atoms with Crippen LogP contribution in [0.4, 0.5) is 0 Å². The summed E-state index contributed by atoms with van der Waals surface area (Å²) in [4.78, 5) is 4.87. The van der Waals surface area contributed by atoms with Crippen molar-refractivity contribution in [2.75, 3.05) is 34.0 Å². The Hall–Kier alpha value is -2.44. The number of benzene rings is 2. The SMILES string of the molecule is COc1cc(CN2CCCN(Cc3cc(OC)c(O)c(C(C)(C)C)c3)C2)cc(C(C)(C)C)c1O. The quantitative estimate of drug-likeness (QED) is 0.591. The number of nitrogens with zero attached hydrogens (tertiary/aromatic N) is 2. The molecule has 0 radical (unpaired) electrons. The third-order valence-electron chi connectivity index (χ3n) is 6.49. The fourth-order valence-electron chi connectivity index (χ4n) is 4.68. The van der Waals surface area contributed by atoms with Gasteiger partial charge in [-0.2, -0.15) is 0 Å². The Morgan fingerprint density at radius 3 is 1.41 bits per heavy atom. The van der Waals surface area contributed by atoms with Crippen molar-refractivity contribution in [1.82, 2.24) is 9.80 Å². The van der Waals surface area contributed by atoms with E-state index in [1.807, 2.05) is 12.1 Å². The first-order valence-electron chi connectivity index (χ1n) is 12.1. The van der Waals surface area contributed by atoms with Gasteiger partial charge in [0.15, 0.2) is 23.0 Å². The fourth-order valence-corrected chi connectivity index (χ4v) is 4.68. The van der Waals surface area contributed by atoms with Gasteiger partial charge in [0.1, 0.15) is 0 Å². The lowest BCUT2D eigenvalue weighted by Gasteiger charge is -2.36. The molecule has 3 rings (SSSR count). The van der Waals surface area contributed by atoms with E-state index in [4.69, 9.17) is 9.47 Å². The van der Waals surface area contributed by atoms with Crippen LogP contribution in [0.15, 0.2) is 24.3 Å². The first-order valence-corrected chi connectivity index (χ1v) is 12.1. The summed E-state index contributed by atoms with van der Waals surface area (Å²) in [5.74, 6) is 1.52. The molecule has 6 nitrogen and oxygen atoms in total. The molecule has 188 valence electrons. The number of hydrogen-bond donors (Lipinski definition) is 2. The molecule has 34 heavy (non-hydrogen) atoms. The number of phenols is 2. The predicted octanol–water partition coefficient (Wildman–Crippen LogP) is 5.38. The molecule has 0 spiro atoms. The second-order valence-corrected chi connectivity index (χ2v) is 11.5. The Morgan fingerprint density at radius 2 is 1.09 bits per heavy atom. The summed E-state index contributed by atoms with van der Waals surface area (Å²) < 4.78 is 10.9. The molecule has 0 bridgehead atoms. The number of phenolic OH excluding ortho intramolecular Hbond substituents is 2. The van der Waals surface area contributed by atoms with E-state index >= 15 is 0 Å². The molecule has 1 saturated heterocycles. The fraction of sp³-hybridized carbons (Fsp3) is 0.571. The van der Waals surface area contributed by atoms with E-state index in [9.17, 15) is 10.2 Å². The van der Waals surface area contributed by atoms with Gasteiger partial charge in [-0.25, -0.2) is 0 Å². The minimum atomic E-state index is -0.177. The number of aromatic hydroxyl groups is 2. The Morgan fingerprint density at radius 1 is 0.706 bits per heavy atom. The first kappa shape index (κ1) is 26.2. The van der Waals surface area contributed by atoms with Gasteiger partial charge in [0, 0.05) is 37.3 Å². The standard InChI is InChI=1S/C28H42N2O4/c1-27(2,3)21-12-19(14-23(33-7)25(21)31)16-29-10-9-11-30(18-29)17-20-13-22(28(4,5)6)26(32)24(15-20)34-8/h12-15,31-32H,9-11,16-18H2,1-8H3. The zero-order valence-corrected chi connectivity index (χ0v) is 22.2. The minimum absolute atomic E-state index is 0.177. The van der Waals surface area contributed by atoms with E-state index < -0.39 is 0 Å². The summed E-state index contributed by atoms with van der Waals surface area (Å²) in [7, 11) is 3.21. The van der Waals surface area contributed by atoms with Crippen molar-refractivity contribution >= 4 is 0 Å². The molecule has 1 fully saturated rings. The Labute approximate surface area is 205 Å². The largest absolute Gasteiger partial charge is 0.504 e. The van der Waals surface area contributed by atoms with Crippen molar-refractivity contribution in [3.05, 3.63) is 46.5 Å². The highest BCUT2D eigenvalue weighted by molar-refractivity contribution is 5.52. The van der Waals surface area contributed by atoms with Gasteiger partial charge in [-0.3, -0.25) is 9.80 Å². The molecule has 2 N–H and O–H groups in total. The molecular weight excluding hydrogens is 428 g/mol. The van der Waals surface area contributed by atoms with Crippen LogP contribution in [0.5, 0.6) is 23.0 Å². The van der Waals surface area contributed by atoms with Gasteiger partial charge in [0.25, 0.3) is 0 Å². The summed E-state index contributed by atoms with van der Waals surface area (Å²) in [6, 6.07) is 8.11. The lowest BCUT2D eigenvalue weighted by Crippen LogP contribution is -2.43. The molecule has 1 heterocycles. The van der Waals surface area contributed by atoms with Crippen molar-refractivity contribution in [3.63, 3.8) is 0 Å². The van der Waals surface area contributed by atoms with E-state index in [0.717, 1.165) is 61.5 Å². The maximum absolute atomic E-state index is 10.6. The second-order valence-electron chi connectivity index (χ2n) is 11.5. The lowest BCUT2D eigenvalue weighted by atomic mass is 9.85. The van der Waals surface area contributed by atoms with Crippen LogP contribution in [0, 0.1) is 0 Å². The zero-order valence-electron chi connectivity index (χ0n) is 22.2. The van der Waals surface area contributed by atoms with Crippen LogP contribution < -0.4 is 9.47 Å². The average Bonchev–Trinajstić information content (AvgIpc) is 2.74. The van der Waals surface area contributed by atoms with Gasteiger partial charge in [0.2, 0.25) is 0 Å². The monoisotopic (exact) mass is 470 g/mol. The molecule has 0 unspecified atom stereocenters. The normalized spacial score (nSPS) is 16.0. The van der Waals surface area contributed by atoms with E-state index in [1.165, 1.54) is 0 Å². The zero-order chi connectivity index (χ0) is 25.3. The van der Waals surface area contributed by atoms with Crippen LogP contribution >= 0.6 is 0 Å². The molecule has 0 atom stereocenters. The third kappa shape index (κ3) is 5.97. The van der Waals surface area contributed by atoms with Crippen molar-refractivity contribution in [2.24, 2.45) is 0 Å². The van der Waals surface area contributed by atoms with Gasteiger partial charge in [-0.05, 0) is 40.5 Å². The highest BCUT2D eigenvalue weighted by Gasteiger charge is 2.25. The van der Waals surface area contributed by atoms with Crippen LogP contribution in [0.25, 0.3) is 0 Å². The van der Waals surface area contributed by atoms with Crippen molar-refractivity contribution in [1.29, 1.82) is 0 Å². The number of ether oxygens (including phenoxy) is 2. The van der Waals surface area contributed by atoms with Gasteiger partial charge in [0.05, 0.1) is 20.9 Å². The predicted molar refractivity (Wildman–Crippen MR) is 137 cm³/mol. The third-order valence-corrected chi connectivity index (χ3v) is 6.49. The molecule has 2 aromatic rings. The van der Waals surface area contributed by atoms with E-state index in [2.05, 4.69) is 63.5 Å². The number of methoxy groups -OCH3 is 2. The van der Waals surface area contributed by atoms with Gasteiger partial charge in [-0.15, -0.1) is 0 Å². The van der Waals surface area contributed by atoms with Gasteiger partial charge in [-0.1, -0.05) is 53.7 Å². The van der Waals surface area contributed by atoms with Gasteiger partial charge >= 0.3 is 0 Å². The Balaban J connectivity index is 1.78. The topological polar surface area (TPSA) is 65.4 Å². The molecule has 0 saturated carbocycles. The number of hydrogen-bond acceptors (Lipinski definition) is 6.